The number of carbonyl (C=O) groups is 1. The smallest absolute Gasteiger partial charge is 0.263 e. The number of rotatable bonds is 5. The number of halogens is 1. The number of thiazole rings is 1. The molecule has 0 radical (unpaired) electrons. The molecule has 0 unspecified atom stereocenters. The van der Waals surface area contributed by atoms with E-state index in [1.165, 1.54) is 11.3 Å². The molecule has 0 bridgehead atoms. The lowest BCUT2D eigenvalue weighted by atomic mass is 10.0. The van der Waals surface area contributed by atoms with Gasteiger partial charge in [-0.15, -0.1) is 11.3 Å². The average Bonchev–Trinajstić information content (AvgIpc) is 3.02. The number of nitrogens with one attached hydrogen (secondary N) is 1. The highest BCUT2D eigenvalue weighted by Gasteiger charge is 2.29. The van der Waals surface area contributed by atoms with Gasteiger partial charge in [0.25, 0.3) is 5.91 Å². The fraction of sp³-hybridized carbons (Fsp3) is 0.474. The van der Waals surface area contributed by atoms with Crippen molar-refractivity contribution in [1.82, 2.24) is 15.2 Å². The summed E-state index contributed by atoms with van der Waals surface area (Å²) >= 11 is 7.46. The Balaban J connectivity index is 1.68. The molecular weight excluding hydrogens is 370 g/mol. The first-order valence-corrected chi connectivity index (χ1v) is 9.90. The van der Waals surface area contributed by atoms with Crippen molar-refractivity contribution < 1.29 is 9.53 Å². The van der Waals surface area contributed by atoms with Crippen molar-refractivity contribution in [2.45, 2.75) is 26.3 Å². The lowest BCUT2D eigenvalue weighted by Gasteiger charge is -2.40. The summed E-state index contributed by atoms with van der Waals surface area (Å²) in [5.74, 6) is -0.0744. The standard InChI is InChI=1S/C19H24ClN3O2S/c1-13-16(26-18(22-13)14-5-4-6-15(20)11-14)17(24)21-12-19(2,3)23-7-9-25-10-8-23/h4-6,11H,7-10,12H2,1-3H3,(H,21,24). The molecule has 1 aliphatic rings. The van der Waals surface area contributed by atoms with Crippen LogP contribution < -0.4 is 5.32 Å². The van der Waals surface area contributed by atoms with Crippen LogP contribution in [0.5, 0.6) is 0 Å². The maximum absolute atomic E-state index is 12.7. The summed E-state index contributed by atoms with van der Waals surface area (Å²) in [5, 5.41) is 4.55. The molecule has 7 heteroatoms. The summed E-state index contributed by atoms with van der Waals surface area (Å²) in [7, 11) is 0. The van der Waals surface area contributed by atoms with Gasteiger partial charge in [0.1, 0.15) is 9.88 Å². The number of amides is 1. The molecule has 5 nitrogen and oxygen atoms in total. The molecule has 1 saturated heterocycles. The van der Waals surface area contributed by atoms with E-state index in [9.17, 15) is 4.79 Å². The molecule has 0 atom stereocenters. The van der Waals surface area contributed by atoms with Gasteiger partial charge in [-0.2, -0.15) is 0 Å². The first-order chi connectivity index (χ1) is 12.4. The molecule has 0 saturated carbocycles. The number of nitrogens with zero attached hydrogens (tertiary/aromatic N) is 2. The predicted octanol–water partition coefficient (Wildman–Crippen LogP) is 3.61. The van der Waals surface area contributed by atoms with Gasteiger partial charge in [-0.3, -0.25) is 9.69 Å². The van der Waals surface area contributed by atoms with Gasteiger partial charge in [-0.05, 0) is 32.9 Å². The van der Waals surface area contributed by atoms with E-state index in [2.05, 4.69) is 29.0 Å². The van der Waals surface area contributed by atoms with Crippen LogP contribution in [0.3, 0.4) is 0 Å². The van der Waals surface area contributed by atoms with E-state index in [0.29, 0.717) is 16.4 Å². The van der Waals surface area contributed by atoms with Crippen LogP contribution >= 0.6 is 22.9 Å². The average molecular weight is 394 g/mol. The van der Waals surface area contributed by atoms with Gasteiger partial charge in [0, 0.05) is 35.8 Å². The van der Waals surface area contributed by atoms with Crippen molar-refractivity contribution in [3.63, 3.8) is 0 Å². The highest BCUT2D eigenvalue weighted by Crippen LogP contribution is 2.29. The topological polar surface area (TPSA) is 54.5 Å². The minimum absolute atomic E-state index is 0.0744. The molecule has 0 aliphatic carbocycles. The molecule has 1 N–H and O–H groups in total. The van der Waals surface area contributed by atoms with E-state index in [0.717, 1.165) is 42.6 Å². The van der Waals surface area contributed by atoms with Crippen molar-refractivity contribution in [1.29, 1.82) is 0 Å². The van der Waals surface area contributed by atoms with Gasteiger partial charge < -0.3 is 10.1 Å². The summed E-state index contributed by atoms with van der Waals surface area (Å²) in [6, 6.07) is 7.53. The third-order valence-corrected chi connectivity index (χ3v) is 6.06. The second kappa shape index (κ2) is 8.05. The van der Waals surface area contributed by atoms with Gasteiger partial charge in [-0.1, -0.05) is 23.7 Å². The van der Waals surface area contributed by atoms with Crippen molar-refractivity contribution in [2.75, 3.05) is 32.8 Å². The first kappa shape index (κ1) is 19.3. The van der Waals surface area contributed by atoms with E-state index < -0.39 is 0 Å². The molecular formula is C19H24ClN3O2S. The van der Waals surface area contributed by atoms with Crippen LogP contribution in [0.15, 0.2) is 24.3 Å². The molecule has 1 aromatic heterocycles. The SMILES string of the molecule is Cc1nc(-c2cccc(Cl)c2)sc1C(=O)NCC(C)(C)N1CCOCC1. The van der Waals surface area contributed by atoms with Crippen LogP contribution in [-0.4, -0.2) is 54.2 Å². The number of ether oxygens (including phenoxy) is 1. The Kier molecular flexibility index (Phi) is 5.97. The van der Waals surface area contributed by atoms with Gasteiger partial charge in [0.15, 0.2) is 0 Å². The molecule has 1 aliphatic heterocycles. The maximum atomic E-state index is 12.7. The minimum Gasteiger partial charge on any atom is -0.379 e. The van der Waals surface area contributed by atoms with Gasteiger partial charge >= 0.3 is 0 Å². The zero-order chi connectivity index (χ0) is 18.7. The van der Waals surface area contributed by atoms with Crippen LogP contribution in [0, 0.1) is 6.92 Å². The number of aryl methyl sites for hydroxylation is 1. The summed E-state index contributed by atoms with van der Waals surface area (Å²) in [6.07, 6.45) is 0. The zero-order valence-corrected chi connectivity index (χ0v) is 16.9. The van der Waals surface area contributed by atoms with E-state index in [4.69, 9.17) is 16.3 Å². The van der Waals surface area contributed by atoms with Crippen LogP contribution in [0.4, 0.5) is 0 Å². The Labute approximate surface area is 163 Å². The van der Waals surface area contributed by atoms with Crippen LogP contribution in [0.2, 0.25) is 5.02 Å². The molecule has 3 rings (SSSR count). The first-order valence-electron chi connectivity index (χ1n) is 8.71. The Hall–Kier alpha value is -1.47. The largest absolute Gasteiger partial charge is 0.379 e. The minimum atomic E-state index is -0.117. The fourth-order valence-corrected chi connectivity index (χ4v) is 4.18. The summed E-state index contributed by atoms with van der Waals surface area (Å²) in [4.78, 5) is 20.3. The third-order valence-electron chi connectivity index (χ3n) is 4.62. The van der Waals surface area contributed by atoms with Crippen LogP contribution in [0.25, 0.3) is 10.6 Å². The Morgan fingerprint density at radius 2 is 2.12 bits per heavy atom. The van der Waals surface area contributed by atoms with E-state index >= 15 is 0 Å². The predicted molar refractivity (Wildman–Crippen MR) is 106 cm³/mol. The van der Waals surface area contributed by atoms with E-state index in [1.807, 2.05) is 31.2 Å². The van der Waals surface area contributed by atoms with Crippen LogP contribution in [-0.2, 0) is 4.74 Å². The van der Waals surface area contributed by atoms with E-state index in [-0.39, 0.29) is 11.4 Å². The Morgan fingerprint density at radius 1 is 1.38 bits per heavy atom. The normalized spacial score (nSPS) is 15.8. The number of benzene rings is 1. The summed E-state index contributed by atoms with van der Waals surface area (Å²) in [6.45, 7) is 10.0. The number of morpholine rings is 1. The zero-order valence-electron chi connectivity index (χ0n) is 15.3. The number of aromatic nitrogens is 1. The molecule has 0 spiro atoms. The molecule has 1 aromatic carbocycles. The molecule has 1 amide bonds. The van der Waals surface area contributed by atoms with Crippen molar-refractivity contribution in [3.8, 4) is 10.6 Å². The monoisotopic (exact) mass is 393 g/mol. The molecule has 26 heavy (non-hydrogen) atoms. The quantitative estimate of drug-likeness (QED) is 0.843. The second-order valence-corrected chi connectivity index (χ2v) is 8.47. The summed E-state index contributed by atoms with van der Waals surface area (Å²) < 4.78 is 5.41. The molecule has 2 heterocycles. The summed E-state index contributed by atoms with van der Waals surface area (Å²) in [5.41, 5.74) is 1.55. The van der Waals surface area contributed by atoms with Gasteiger partial charge in [0.05, 0.1) is 18.9 Å². The highest BCUT2D eigenvalue weighted by atomic mass is 35.5. The number of carbonyl (C=O) groups excluding carboxylic acids is 1. The lowest BCUT2D eigenvalue weighted by molar-refractivity contribution is -0.00922. The Bertz CT molecular complexity index is 785. The second-order valence-electron chi connectivity index (χ2n) is 7.04. The lowest BCUT2D eigenvalue weighted by Crippen LogP contribution is -2.55. The molecule has 140 valence electrons. The molecule has 2 aromatic rings. The van der Waals surface area contributed by atoms with Gasteiger partial charge in [-0.25, -0.2) is 4.98 Å². The van der Waals surface area contributed by atoms with E-state index in [1.54, 1.807) is 0 Å². The van der Waals surface area contributed by atoms with Crippen molar-refractivity contribution in [2.24, 2.45) is 0 Å². The highest BCUT2D eigenvalue weighted by molar-refractivity contribution is 7.17. The van der Waals surface area contributed by atoms with Crippen molar-refractivity contribution >= 4 is 28.8 Å². The maximum Gasteiger partial charge on any atom is 0.263 e. The van der Waals surface area contributed by atoms with Crippen LogP contribution in [0.1, 0.15) is 29.2 Å². The number of hydrogen-bond acceptors (Lipinski definition) is 5. The van der Waals surface area contributed by atoms with Gasteiger partial charge in [0.2, 0.25) is 0 Å². The van der Waals surface area contributed by atoms with Crippen molar-refractivity contribution in [3.05, 3.63) is 39.9 Å². The number of hydrogen-bond donors (Lipinski definition) is 1. The molecule has 1 fully saturated rings. The third kappa shape index (κ3) is 4.43. The fourth-order valence-electron chi connectivity index (χ4n) is 3.01. The Morgan fingerprint density at radius 3 is 2.81 bits per heavy atom.